The molecule has 0 bridgehead atoms. The Bertz CT molecular complexity index is 1360. The van der Waals surface area contributed by atoms with Gasteiger partial charge in [0, 0.05) is 34.2 Å². The molecule has 0 saturated heterocycles. The van der Waals surface area contributed by atoms with Gasteiger partial charge in [-0.25, -0.2) is 5.43 Å². The average Bonchev–Trinajstić information content (AvgIpc) is 2.89. The molecule has 2 N–H and O–H groups in total. The number of hydrogen-bond donors (Lipinski definition) is 2. The van der Waals surface area contributed by atoms with E-state index in [1.165, 1.54) is 24.0 Å². The average molecular weight is 576 g/mol. The molecule has 196 valence electrons. The van der Waals surface area contributed by atoms with Gasteiger partial charge in [-0.2, -0.15) is 16.9 Å². The number of benzene rings is 3. The van der Waals surface area contributed by atoms with Gasteiger partial charge in [-0.15, -0.1) is 0 Å². The number of rotatable bonds is 11. The predicted octanol–water partition coefficient (Wildman–Crippen LogP) is 4.99. The SMILES string of the molecule is O=C(N[C@@H](CSCc1ccccc1)C(=O)N/N=C\c1ccc(Cl)cc1Cl)c1cc([N+](=O)[O-])cc([N+](=O)[O-])c1. The molecule has 0 aromatic heterocycles. The molecule has 1 atom stereocenters. The third kappa shape index (κ3) is 8.26. The fraction of sp³-hybridized carbons (Fsp3) is 0.125. The Kier molecular flexibility index (Phi) is 10.2. The molecule has 0 radical (unpaired) electrons. The third-order valence-corrected chi connectivity index (χ3v) is 6.61. The lowest BCUT2D eigenvalue weighted by Crippen LogP contribution is -2.47. The normalized spacial score (nSPS) is 11.6. The summed E-state index contributed by atoms with van der Waals surface area (Å²) in [5, 5.41) is 29.5. The molecule has 0 saturated carbocycles. The first-order valence-electron chi connectivity index (χ1n) is 10.8. The quantitative estimate of drug-likeness (QED) is 0.185. The third-order valence-electron chi connectivity index (χ3n) is 4.95. The highest BCUT2D eigenvalue weighted by atomic mass is 35.5. The van der Waals surface area contributed by atoms with E-state index >= 15 is 0 Å². The summed E-state index contributed by atoms with van der Waals surface area (Å²) < 4.78 is 0. The van der Waals surface area contributed by atoms with Crippen LogP contribution in [0.5, 0.6) is 0 Å². The van der Waals surface area contributed by atoms with Crippen molar-refractivity contribution in [2.45, 2.75) is 11.8 Å². The molecule has 0 aliphatic carbocycles. The van der Waals surface area contributed by atoms with E-state index in [2.05, 4.69) is 15.8 Å². The molecule has 3 aromatic carbocycles. The fourth-order valence-electron chi connectivity index (χ4n) is 3.08. The van der Waals surface area contributed by atoms with Crippen molar-refractivity contribution in [2.24, 2.45) is 5.10 Å². The van der Waals surface area contributed by atoms with Gasteiger partial charge in [0.2, 0.25) is 0 Å². The predicted molar refractivity (Wildman–Crippen MR) is 146 cm³/mol. The minimum atomic E-state index is -1.13. The second-order valence-electron chi connectivity index (χ2n) is 7.68. The van der Waals surface area contributed by atoms with Crippen LogP contribution in [0.1, 0.15) is 21.5 Å². The number of hydrazone groups is 1. The van der Waals surface area contributed by atoms with Gasteiger partial charge >= 0.3 is 0 Å². The molecular formula is C24H19Cl2N5O6S. The monoisotopic (exact) mass is 575 g/mol. The Labute approximate surface area is 230 Å². The van der Waals surface area contributed by atoms with Crippen molar-refractivity contribution in [1.82, 2.24) is 10.7 Å². The van der Waals surface area contributed by atoms with Gasteiger partial charge in [0.05, 0.1) is 32.7 Å². The van der Waals surface area contributed by atoms with Gasteiger partial charge in [0.15, 0.2) is 0 Å². The first kappa shape index (κ1) is 28.6. The maximum atomic E-state index is 12.9. The number of nitrogens with zero attached hydrogens (tertiary/aromatic N) is 3. The van der Waals surface area contributed by atoms with Gasteiger partial charge < -0.3 is 5.32 Å². The Balaban J connectivity index is 1.77. The maximum absolute atomic E-state index is 12.9. The molecule has 0 heterocycles. The van der Waals surface area contributed by atoms with Crippen LogP contribution in [-0.2, 0) is 10.5 Å². The van der Waals surface area contributed by atoms with E-state index in [9.17, 15) is 29.8 Å². The smallest absolute Gasteiger partial charge is 0.277 e. The standard InChI is InChI=1S/C24H19Cl2N5O6S/c25-18-7-6-16(21(26)10-18)12-27-29-24(33)22(14-38-13-15-4-2-1-3-5-15)28-23(32)17-8-19(30(34)35)11-20(9-17)31(36)37/h1-12,22H,13-14H2,(H,28,32)(H,29,33)/b27-12-/t22-/m0/s1. The van der Waals surface area contributed by atoms with Gasteiger partial charge in [-0.3, -0.25) is 29.8 Å². The Hall–Kier alpha value is -4.00. The van der Waals surface area contributed by atoms with Crippen LogP contribution in [-0.4, -0.2) is 39.7 Å². The van der Waals surface area contributed by atoms with E-state index in [1.807, 2.05) is 30.3 Å². The van der Waals surface area contributed by atoms with Gasteiger partial charge in [-0.05, 0) is 17.7 Å². The molecule has 14 heteroatoms. The summed E-state index contributed by atoms with van der Waals surface area (Å²) >= 11 is 13.3. The number of halogens is 2. The number of carbonyl (C=O) groups excluding carboxylic acids is 2. The lowest BCUT2D eigenvalue weighted by molar-refractivity contribution is -0.394. The molecule has 3 aromatic rings. The summed E-state index contributed by atoms with van der Waals surface area (Å²) in [6, 6.07) is 15.5. The molecule has 11 nitrogen and oxygen atoms in total. The number of amides is 2. The van der Waals surface area contributed by atoms with Gasteiger partial charge in [-0.1, -0.05) is 59.6 Å². The van der Waals surface area contributed by atoms with Crippen molar-refractivity contribution >= 4 is 64.4 Å². The summed E-state index contributed by atoms with van der Waals surface area (Å²) in [4.78, 5) is 46.5. The first-order chi connectivity index (χ1) is 18.1. The molecular weight excluding hydrogens is 557 g/mol. The number of carbonyl (C=O) groups is 2. The number of nitro groups is 2. The summed E-state index contributed by atoms with van der Waals surface area (Å²) in [5.74, 6) is -0.935. The molecule has 0 aliphatic heterocycles. The van der Waals surface area contributed by atoms with E-state index in [4.69, 9.17) is 23.2 Å². The van der Waals surface area contributed by atoms with Crippen molar-refractivity contribution in [3.63, 3.8) is 0 Å². The number of nitrogens with one attached hydrogen (secondary N) is 2. The van der Waals surface area contributed by atoms with Crippen LogP contribution >= 0.6 is 35.0 Å². The first-order valence-corrected chi connectivity index (χ1v) is 12.7. The van der Waals surface area contributed by atoms with Crippen molar-refractivity contribution < 1.29 is 19.4 Å². The van der Waals surface area contributed by atoms with Crippen molar-refractivity contribution in [3.05, 3.63) is 114 Å². The van der Waals surface area contributed by atoms with Crippen LogP contribution in [0.2, 0.25) is 10.0 Å². The summed E-state index contributed by atoms with van der Waals surface area (Å²) in [7, 11) is 0. The zero-order valence-corrected chi connectivity index (χ0v) is 21.7. The van der Waals surface area contributed by atoms with E-state index in [1.54, 1.807) is 12.1 Å². The summed E-state index contributed by atoms with van der Waals surface area (Å²) in [6.07, 6.45) is 1.30. The molecule has 0 spiro atoms. The molecule has 3 rings (SSSR count). The summed E-state index contributed by atoms with van der Waals surface area (Å²) in [5.41, 5.74) is 2.21. The lowest BCUT2D eigenvalue weighted by Gasteiger charge is -2.17. The molecule has 0 aliphatic rings. The van der Waals surface area contributed by atoms with Crippen LogP contribution in [0.25, 0.3) is 0 Å². The van der Waals surface area contributed by atoms with E-state index < -0.39 is 39.1 Å². The van der Waals surface area contributed by atoms with Crippen LogP contribution in [0.15, 0.2) is 71.8 Å². The lowest BCUT2D eigenvalue weighted by atomic mass is 10.1. The minimum Gasteiger partial charge on any atom is -0.339 e. The highest BCUT2D eigenvalue weighted by Gasteiger charge is 2.25. The topological polar surface area (TPSA) is 157 Å². The van der Waals surface area contributed by atoms with Gasteiger partial charge in [0.1, 0.15) is 6.04 Å². The van der Waals surface area contributed by atoms with Crippen LogP contribution < -0.4 is 10.7 Å². The second kappa shape index (κ2) is 13.5. The molecule has 0 unspecified atom stereocenters. The van der Waals surface area contributed by atoms with Crippen molar-refractivity contribution in [3.8, 4) is 0 Å². The van der Waals surface area contributed by atoms with Gasteiger partial charge in [0.25, 0.3) is 23.2 Å². The Morgan fingerprint density at radius 3 is 2.24 bits per heavy atom. The Morgan fingerprint density at radius 1 is 0.974 bits per heavy atom. The maximum Gasteiger partial charge on any atom is 0.277 e. The van der Waals surface area contributed by atoms with E-state index in [0.29, 0.717) is 21.4 Å². The van der Waals surface area contributed by atoms with E-state index in [-0.39, 0.29) is 11.3 Å². The molecule has 0 fully saturated rings. The molecule has 2 amide bonds. The number of hydrogen-bond acceptors (Lipinski definition) is 8. The largest absolute Gasteiger partial charge is 0.339 e. The summed E-state index contributed by atoms with van der Waals surface area (Å²) in [6.45, 7) is 0. The molecule has 38 heavy (non-hydrogen) atoms. The fourth-order valence-corrected chi connectivity index (χ4v) is 4.55. The zero-order valence-electron chi connectivity index (χ0n) is 19.4. The number of thioether (sulfide) groups is 1. The van der Waals surface area contributed by atoms with Crippen LogP contribution in [0, 0.1) is 20.2 Å². The van der Waals surface area contributed by atoms with Crippen molar-refractivity contribution in [2.75, 3.05) is 5.75 Å². The second-order valence-corrected chi connectivity index (χ2v) is 9.55. The number of nitro benzene ring substituents is 2. The van der Waals surface area contributed by atoms with Crippen LogP contribution in [0.3, 0.4) is 0 Å². The minimum absolute atomic E-state index is 0.112. The van der Waals surface area contributed by atoms with E-state index in [0.717, 1.165) is 23.8 Å². The highest BCUT2D eigenvalue weighted by Crippen LogP contribution is 2.23. The zero-order chi connectivity index (χ0) is 27.7. The number of non-ortho nitro benzene ring substituents is 2. The van der Waals surface area contributed by atoms with Crippen molar-refractivity contribution in [1.29, 1.82) is 0 Å². The van der Waals surface area contributed by atoms with Crippen LogP contribution in [0.4, 0.5) is 11.4 Å². The highest BCUT2D eigenvalue weighted by molar-refractivity contribution is 7.98. The Morgan fingerprint density at radius 2 is 1.63 bits per heavy atom.